The number of fused-ring (bicyclic) bond motifs is 1. The number of carbonyl (C=O) groups is 2. The van der Waals surface area contributed by atoms with Crippen molar-refractivity contribution in [2.24, 2.45) is 0 Å². The number of nitrogens with zero attached hydrogens (tertiary/aromatic N) is 3. The van der Waals surface area contributed by atoms with Crippen LogP contribution >= 0.6 is 24.0 Å². The van der Waals surface area contributed by atoms with Crippen LogP contribution in [0.25, 0.3) is 0 Å². The topological polar surface area (TPSA) is 64.1 Å². The number of benzene rings is 2. The molecule has 2 aromatic carbocycles. The minimum absolute atomic E-state index is 0. The molecule has 1 saturated heterocycles. The van der Waals surface area contributed by atoms with Crippen LogP contribution in [-0.2, 0) is 0 Å². The van der Waals surface area contributed by atoms with Crippen LogP contribution in [0.4, 0.5) is 5.69 Å². The quantitative estimate of drug-likeness (QED) is 0.730. The highest BCUT2D eigenvalue weighted by Crippen LogP contribution is 2.26. The fourth-order valence-electron chi connectivity index (χ4n) is 3.85. The van der Waals surface area contributed by atoms with Crippen molar-refractivity contribution in [3.05, 3.63) is 64.7 Å². The Morgan fingerprint density at radius 3 is 2.00 bits per heavy atom. The van der Waals surface area contributed by atoms with Crippen molar-refractivity contribution in [1.29, 1.82) is 0 Å². The van der Waals surface area contributed by atoms with Gasteiger partial charge in [-0.05, 0) is 24.3 Å². The van der Waals surface area contributed by atoms with E-state index in [1.54, 1.807) is 24.3 Å². The third kappa shape index (κ3) is 4.41. The Bertz CT molecular complexity index is 865. The molecule has 2 aromatic rings. The Balaban J connectivity index is 0.00000240. The molecule has 4 rings (SSSR count). The lowest BCUT2D eigenvalue weighted by Crippen LogP contribution is -2.50. The molecule has 0 bridgehead atoms. The number of amides is 2. The summed E-state index contributed by atoms with van der Waals surface area (Å²) < 4.78 is 0. The van der Waals surface area contributed by atoms with Gasteiger partial charge in [-0.3, -0.25) is 19.4 Å². The zero-order chi connectivity index (χ0) is 19.7. The van der Waals surface area contributed by atoms with Gasteiger partial charge in [0.25, 0.3) is 11.8 Å². The number of hydrogen-bond donors (Lipinski definition) is 1. The molecular weight excluding hydrogens is 413 g/mol. The summed E-state index contributed by atoms with van der Waals surface area (Å²) in [5, 5.41) is 11.2. The third-order valence-corrected chi connectivity index (χ3v) is 5.63. The van der Waals surface area contributed by atoms with E-state index in [2.05, 4.69) is 9.80 Å². The number of imide groups is 1. The molecule has 1 fully saturated rings. The summed E-state index contributed by atoms with van der Waals surface area (Å²) in [5.74, 6) is -0.661. The first-order valence-corrected chi connectivity index (χ1v) is 9.77. The van der Waals surface area contributed by atoms with Crippen LogP contribution in [0.5, 0.6) is 0 Å². The number of piperazine rings is 1. The van der Waals surface area contributed by atoms with E-state index in [9.17, 15) is 14.7 Å². The van der Waals surface area contributed by atoms with Gasteiger partial charge in [0.05, 0.1) is 34.5 Å². The molecule has 8 heteroatoms. The van der Waals surface area contributed by atoms with Gasteiger partial charge in [0.1, 0.15) is 0 Å². The average Bonchev–Trinajstić information content (AvgIpc) is 2.94. The second kappa shape index (κ2) is 9.13. The highest BCUT2D eigenvalue weighted by atomic mass is 35.5. The zero-order valence-corrected chi connectivity index (χ0v) is 17.4. The average molecular weight is 436 g/mol. The predicted octanol–water partition coefficient (Wildman–Crippen LogP) is 2.54. The molecule has 0 aromatic heterocycles. The Hall–Kier alpha value is -2.12. The summed E-state index contributed by atoms with van der Waals surface area (Å²) >= 11 is 6.27. The smallest absolute Gasteiger partial charge is 0.261 e. The van der Waals surface area contributed by atoms with Crippen molar-refractivity contribution in [2.45, 2.75) is 6.10 Å². The lowest BCUT2D eigenvalue weighted by Gasteiger charge is -2.37. The summed E-state index contributed by atoms with van der Waals surface area (Å²) in [6.07, 6.45) is -0.783. The van der Waals surface area contributed by atoms with Crippen molar-refractivity contribution in [1.82, 2.24) is 9.80 Å². The number of rotatable bonds is 5. The summed E-state index contributed by atoms with van der Waals surface area (Å²) in [6, 6.07) is 14.6. The van der Waals surface area contributed by atoms with Crippen LogP contribution < -0.4 is 4.90 Å². The number of anilines is 1. The molecule has 0 aliphatic carbocycles. The lowest BCUT2D eigenvalue weighted by molar-refractivity contribution is 0.0469. The Morgan fingerprint density at radius 1 is 0.862 bits per heavy atom. The molecule has 2 aliphatic heterocycles. The van der Waals surface area contributed by atoms with E-state index in [1.807, 2.05) is 24.3 Å². The van der Waals surface area contributed by atoms with Crippen LogP contribution in [0.3, 0.4) is 0 Å². The normalized spacial score (nSPS) is 17.9. The molecule has 2 heterocycles. The molecule has 1 atom stereocenters. The van der Waals surface area contributed by atoms with Gasteiger partial charge >= 0.3 is 0 Å². The van der Waals surface area contributed by atoms with E-state index < -0.39 is 6.10 Å². The summed E-state index contributed by atoms with van der Waals surface area (Å²) in [5.41, 5.74) is 1.84. The Morgan fingerprint density at radius 2 is 1.41 bits per heavy atom. The number of aliphatic hydroxyl groups is 1. The van der Waals surface area contributed by atoms with Gasteiger partial charge < -0.3 is 10.0 Å². The second-order valence-corrected chi connectivity index (χ2v) is 7.57. The van der Waals surface area contributed by atoms with Crippen molar-refractivity contribution in [2.75, 3.05) is 44.2 Å². The van der Waals surface area contributed by atoms with Crippen LogP contribution in [0, 0.1) is 0 Å². The highest BCUT2D eigenvalue weighted by Gasteiger charge is 2.36. The first-order valence-electron chi connectivity index (χ1n) is 9.39. The fourth-order valence-corrected chi connectivity index (χ4v) is 4.11. The molecule has 0 saturated carbocycles. The van der Waals surface area contributed by atoms with E-state index in [4.69, 9.17) is 11.6 Å². The Kier molecular flexibility index (Phi) is 6.80. The maximum absolute atomic E-state index is 12.4. The molecular formula is C21H23Cl2N3O3. The minimum Gasteiger partial charge on any atom is -0.390 e. The van der Waals surface area contributed by atoms with Gasteiger partial charge in [-0.15, -0.1) is 12.4 Å². The molecule has 2 amide bonds. The van der Waals surface area contributed by atoms with Crippen molar-refractivity contribution in [3.63, 3.8) is 0 Å². The van der Waals surface area contributed by atoms with Crippen molar-refractivity contribution >= 4 is 41.5 Å². The SMILES string of the molecule is Cl.O=C1c2ccccc2C(=O)N1CC(O)CN1CCN(c2ccccc2Cl)CC1. The highest BCUT2D eigenvalue weighted by molar-refractivity contribution is 6.33. The zero-order valence-electron chi connectivity index (χ0n) is 15.8. The molecule has 1 N–H and O–H groups in total. The first kappa shape index (κ1) is 21.6. The van der Waals surface area contributed by atoms with Gasteiger partial charge in [0.15, 0.2) is 0 Å². The van der Waals surface area contributed by atoms with Crippen LogP contribution in [-0.4, -0.2) is 72.1 Å². The minimum atomic E-state index is -0.783. The van der Waals surface area contributed by atoms with Crippen molar-refractivity contribution in [3.8, 4) is 0 Å². The number of hydrogen-bond acceptors (Lipinski definition) is 5. The molecule has 0 spiro atoms. The van der Waals surface area contributed by atoms with Gasteiger partial charge in [-0.2, -0.15) is 0 Å². The summed E-state index contributed by atoms with van der Waals surface area (Å²) in [4.78, 5) is 30.4. The molecule has 0 radical (unpaired) electrons. The predicted molar refractivity (Wildman–Crippen MR) is 115 cm³/mol. The number of aliphatic hydroxyl groups excluding tert-OH is 1. The van der Waals surface area contributed by atoms with E-state index >= 15 is 0 Å². The second-order valence-electron chi connectivity index (χ2n) is 7.16. The van der Waals surface area contributed by atoms with E-state index in [0.29, 0.717) is 17.7 Å². The summed E-state index contributed by atoms with van der Waals surface area (Å²) in [6.45, 7) is 3.61. The first-order chi connectivity index (χ1) is 13.5. The standard InChI is InChI=1S/C21H22ClN3O3.ClH/c22-18-7-3-4-8-19(18)24-11-9-23(10-12-24)13-15(26)14-25-20(27)16-5-1-2-6-17(16)21(25)28;/h1-8,15,26H,9-14H2;1H. The lowest BCUT2D eigenvalue weighted by atomic mass is 10.1. The van der Waals surface area contributed by atoms with Gasteiger partial charge in [0.2, 0.25) is 0 Å². The monoisotopic (exact) mass is 435 g/mol. The molecule has 2 aliphatic rings. The third-order valence-electron chi connectivity index (χ3n) is 5.31. The maximum Gasteiger partial charge on any atom is 0.261 e. The van der Waals surface area contributed by atoms with E-state index in [1.165, 1.54) is 0 Å². The summed E-state index contributed by atoms with van der Waals surface area (Å²) in [7, 11) is 0. The maximum atomic E-state index is 12.4. The van der Waals surface area contributed by atoms with Gasteiger partial charge in [-0.25, -0.2) is 0 Å². The van der Waals surface area contributed by atoms with Gasteiger partial charge in [-0.1, -0.05) is 35.9 Å². The number of β-amino-alcohol motifs (C(OH)–C–C–N with tert-alkyl or cyclic N) is 1. The van der Waals surface area contributed by atoms with E-state index in [-0.39, 0.29) is 30.8 Å². The Labute approximate surface area is 181 Å². The number of para-hydroxylation sites is 1. The van der Waals surface area contributed by atoms with Gasteiger partial charge in [0, 0.05) is 32.7 Å². The largest absolute Gasteiger partial charge is 0.390 e. The fraction of sp³-hybridized carbons (Fsp3) is 0.333. The van der Waals surface area contributed by atoms with E-state index in [0.717, 1.165) is 41.8 Å². The van der Waals surface area contributed by atoms with Crippen LogP contribution in [0.2, 0.25) is 5.02 Å². The molecule has 1 unspecified atom stereocenters. The van der Waals surface area contributed by atoms with Crippen LogP contribution in [0.15, 0.2) is 48.5 Å². The molecule has 29 heavy (non-hydrogen) atoms. The molecule has 154 valence electrons. The number of carbonyl (C=O) groups excluding carboxylic acids is 2. The molecule has 6 nitrogen and oxygen atoms in total. The number of halogens is 2. The van der Waals surface area contributed by atoms with Crippen LogP contribution in [0.1, 0.15) is 20.7 Å². The van der Waals surface area contributed by atoms with Crippen molar-refractivity contribution < 1.29 is 14.7 Å².